The van der Waals surface area contributed by atoms with Gasteiger partial charge in [-0.25, -0.2) is 4.98 Å². The van der Waals surface area contributed by atoms with Crippen molar-refractivity contribution >= 4 is 5.91 Å². The molecule has 0 aliphatic carbocycles. The van der Waals surface area contributed by atoms with E-state index in [1.165, 1.54) is 12.8 Å². The molecule has 5 heteroatoms. The monoisotopic (exact) mass is 262 g/mol. The highest BCUT2D eigenvalue weighted by Gasteiger charge is 2.28. The van der Waals surface area contributed by atoms with Crippen LogP contribution in [-0.2, 0) is 4.79 Å². The van der Waals surface area contributed by atoms with E-state index in [1.54, 1.807) is 0 Å². The number of H-pyrrole nitrogens is 1. The lowest BCUT2D eigenvalue weighted by Crippen LogP contribution is -2.37. The Morgan fingerprint density at radius 2 is 2.21 bits per heavy atom. The van der Waals surface area contributed by atoms with Gasteiger partial charge in [-0.2, -0.15) is 0 Å². The predicted molar refractivity (Wildman–Crippen MR) is 72.9 cm³/mol. The van der Waals surface area contributed by atoms with E-state index in [-0.39, 0.29) is 0 Å². The SMILES string of the molecule is Cc1cnc(C2CCN(CC(=O)N3CCCC3)C2)[nH]1. The molecular weight excluding hydrogens is 240 g/mol. The Labute approximate surface area is 114 Å². The summed E-state index contributed by atoms with van der Waals surface area (Å²) in [5, 5.41) is 0. The lowest BCUT2D eigenvalue weighted by molar-refractivity contribution is -0.131. The van der Waals surface area contributed by atoms with Crippen LogP contribution in [0.2, 0.25) is 0 Å². The van der Waals surface area contributed by atoms with Crippen molar-refractivity contribution in [3.05, 3.63) is 17.7 Å². The molecule has 0 radical (unpaired) electrons. The number of likely N-dealkylation sites (tertiary alicyclic amines) is 2. The van der Waals surface area contributed by atoms with Crippen LogP contribution in [0.15, 0.2) is 6.20 Å². The van der Waals surface area contributed by atoms with Gasteiger partial charge in [0.05, 0.1) is 6.54 Å². The third-order valence-corrected chi connectivity index (χ3v) is 4.20. The van der Waals surface area contributed by atoms with E-state index in [4.69, 9.17) is 0 Å². The Hall–Kier alpha value is -1.36. The standard InChI is InChI=1S/C14H22N4O/c1-11-8-15-14(16-11)12-4-7-17(9-12)10-13(19)18-5-2-3-6-18/h8,12H,2-7,9-10H2,1H3,(H,15,16). The summed E-state index contributed by atoms with van der Waals surface area (Å²) in [4.78, 5) is 24.1. The molecule has 1 N–H and O–H groups in total. The van der Waals surface area contributed by atoms with E-state index in [9.17, 15) is 4.79 Å². The van der Waals surface area contributed by atoms with Crippen molar-refractivity contribution in [3.8, 4) is 0 Å². The summed E-state index contributed by atoms with van der Waals surface area (Å²) in [5.74, 6) is 1.84. The highest BCUT2D eigenvalue weighted by atomic mass is 16.2. The molecule has 1 aromatic rings. The van der Waals surface area contributed by atoms with Crippen LogP contribution in [0, 0.1) is 6.92 Å². The molecule has 0 aromatic carbocycles. The minimum absolute atomic E-state index is 0.300. The fourth-order valence-corrected chi connectivity index (χ4v) is 3.10. The summed E-state index contributed by atoms with van der Waals surface area (Å²) in [7, 11) is 0. The van der Waals surface area contributed by atoms with Gasteiger partial charge >= 0.3 is 0 Å². The normalized spacial score (nSPS) is 24.3. The quantitative estimate of drug-likeness (QED) is 0.888. The molecule has 2 fully saturated rings. The fraction of sp³-hybridized carbons (Fsp3) is 0.714. The molecule has 19 heavy (non-hydrogen) atoms. The number of carbonyl (C=O) groups is 1. The number of nitrogens with zero attached hydrogens (tertiary/aromatic N) is 3. The minimum Gasteiger partial charge on any atom is -0.346 e. The van der Waals surface area contributed by atoms with Crippen molar-refractivity contribution in [3.63, 3.8) is 0 Å². The van der Waals surface area contributed by atoms with Crippen LogP contribution >= 0.6 is 0 Å². The van der Waals surface area contributed by atoms with Crippen molar-refractivity contribution in [2.75, 3.05) is 32.7 Å². The maximum atomic E-state index is 12.1. The van der Waals surface area contributed by atoms with Gasteiger partial charge in [0, 0.05) is 37.4 Å². The maximum absolute atomic E-state index is 12.1. The molecule has 2 aliphatic rings. The van der Waals surface area contributed by atoms with Gasteiger partial charge in [0.2, 0.25) is 5.91 Å². The van der Waals surface area contributed by atoms with Gasteiger partial charge in [-0.3, -0.25) is 9.69 Å². The average Bonchev–Trinajstić information content (AvgIpc) is 3.07. The van der Waals surface area contributed by atoms with Crippen LogP contribution in [0.25, 0.3) is 0 Å². The number of aromatic amines is 1. The number of carbonyl (C=O) groups excluding carboxylic acids is 1. The number of hydrogen-bond acceptors (Lipinski definition) is 3. The molecule has 1 aromatic heterocycles. The van der Waals surface area contributed by atoms with Crippen molar-refractivity contribution in [1.29, 1.82) is 0 Å². The number of hydrogen-bond donors (Lipinski definition) is 1. The van der Waals surface area contributed by atoms with Crippen LogP contribution in [0.3, 0.4) is 0 Å². The lowest BCUT2D eigenvalue weighted by atomic mass is 10.1. The Morgan fingerprint density at radius 1 is 1.42 bits per heavy atom. The second-order valence-corrected chi connectivity index (χ2v) is 5.76. The van der Waals surface area contributed by atoms with Crippen LogP contribution in [0.5, 0.6) is 0 Å². The first-order valence-corrected chi connectivity index (χ1v) is 7.24. The first-order valence-electron chi connectivity index (χ1n) is 7.24. The van der Waals surface area contributed by atoms with Crippen molar-refractivity contribution < 1.29 is 4.79 Å². The zero-order chi connectivity index (χ0) is 13.2. The maximum Gasteiger partial charge on any atom is 0.236 e. The van der Waals surface area contributed by atoms with Gasteiger partial charge in [0.25, 0.3) is 0 Å². The molecule has 0 bridgehead atoms. The van der Waals surface area contributed by atoms with Gasteiger partial charge < -0.3 is 9.88 Å². The number of nitrogens with one attached hydrogen (secondary N) is 1. The number of amides is 1. The molecule has 1 atom stereocenters. The Bertz CT molecular complexity index is 450. The van der Waals surface area contributed by atoms with Crippen LogP contribution in [0.4, 0.5) is 0 Å². The second-order valence-electron chi connectivity index (χ2n) is 5.76. The summed E-state index contributed by atoms with van der Waals surface area (Å²) < 4.78 is 0. The van der Waals surface area contributed by atoms with Gasteiger partial charge in [0.15, 0.2) is 0 Å². The molecule has 0 saturated carbocycles. The highest BCUT2D eigenvalue weighted by molar-refractivity contribution is 5.78. The van der Waals surface area contributed by atoms with E-state index >= 15 is 0 Å². The van der Waals surface area contributed by atoms with Gasteiger partial charge in [-0.05, 0) is 32.7 Å². The van der Waals surface area contributed by atoms with Crippen LogP contribution < -0.4 is 0 Å². The average molecular weight is 262 g/mol. The molecule has 5 nitrogen and oxygen atoms in total. The molecular formula is C14H22N4O. The minimum atomic E-state index is 0.300. The van der Waals surface area contributed by atoms with Gasteiger partial charge in [0.1, 0.15) is 5.82 Å². The summed E-state index contributed by atoms with van der Waals surface area (Å²) >= 11 is 0. The van der Waals surface area contributed by atoms with Gasteiger partial charge in [-0.1, -0.05) is 0 Å². The third-order valence-electron chi connectivity index (χ3n) is 4.20. The smallest absolute Gasteiger partial charge is 0.236 e. The predicted octanol–water partition coefficient (Wildman–Crippen LogP) is 1.13. The summed E-state index contributed by atoms with van der Waals surface area (Å²) in [6, 6.07) is 0. The number of aryl methyl sites for hydroxylation is 1. The Balaban J connectivity index is 1.52. The van der Waals surface area contributed by atoms with E-state index < -0.39 is 0 Å². The zero-order valence-electron chi connectivity index (χ0n) is 11.6. The number of imidazole rings is 1. The first-order chi connectivity index (χ1) is 9.22. The van der Waals surface area contributed by atoms with Gasteiger partial charge in [-0.15, -0.1) is 0 Å². The van der Waals surface area contributed by atoms with E-state index in [0.29, 0.717) is 18.4 Å². The van der Waals surface area contributed by atoms with E-state index in [1.807, 2.05) is 18.0 Å². The molecule has 0 spiro atoms. The molecule has 104 valence electrons. The topological polar surface area (TPSA) is 52.2 Å². The van der Waals surface area contributed by atoms with Crippen molar-refractivity contribution in [2.45, 2.75) is 32.1 Å². The largest absolute Gasteiger partial charge is 0.346 e. The molecule has 1 amide bonds. The summed E-state index contributed by atoms with van der Waals surface area (Å²) in [6.45, 7) is 6.47. The Kier molecular flexibility index (Phi) is 3.55. The van der Waals surface area contributed by atoms with E-state index in [2.05, 4.69) is 14.9 Å². The van der Waals surface area contributed by atoms with Crippen LogP contribution in [0.1, 0.15) is 36.7 Å². The lowest BCUT2D eigenvalue weighted by Gasteiger charge is -2.20. The Morgan fingerprint density at radius 3 is 2.89 bits per heavy atom. The first kappa shape index (κ1) is 12.7. The van der Waals surface area contributed by atoms with Crippen molar-refractivity contribution in [2.24, 2.45) is 0 Å². The zero-order valence-corrected chi connectivity index (χ0v) is 11.6. The highest BCUT2D eigenvalue weighted by Crippen LogP contribution is 2.25. The third kappa shape index (κ3) is 2.81. The van der Waals surface area contributed by atoms with Crippen molar-refractivity contribution in [1.82, 2.24) is 19.8 Å². The molecule has 3 rings (SSSR count). The number of rotatable bonds is 3. The molecule has 1 unspecified atom stereocenters. The molecule has 2 aliphatic heterocycles. The molecule has 3 heterocycles. The second kappa shape index (κ2) is 5.33. The summed E-state index contributed by atoms with van der Waals surface area (Å²) in [5.41, 5.74) is 1.11. The molecule has 2 saturated heterocycles. The van der Waals surface area contributed by atoms with E-state index in [0.717, 1.165) is 44.1 Å². The number of aromatic nitrogens is 2. The fourth-order valence-electron chi connectivity index (χ4n) is 3.10. The van der Waals surface area contributed by atoms with Crippen LogP contribution in [-0.4, -0.2) is 58.4 Å². The summed E-state index contributed by atoms with van der Waals surface area (Å²) in [6.07, 6.45) is 5.31.